The van der Waals surface area contributed by atoms with Gasteiger partial charge < -0.3 is 10.1 Å². The highest BCUT2D eigenvalue weighted by Gasteiger charge is 2.47. The van der Waals surface area contributed by atoms with Crippen molar-refractivity contribution in [1.82, 2.24) is 10.3 Å². The molecule has 1 heterocycles. The van der Waals surface area contributed by atoms with Crippen LogP contribution >= 0.6 is 0 Å². The number of benzene rings is 1. The molecule has 1 fully saturated rings. The van der Waals surface area contributed by atoms with Gasteiger partial charge in [0.2, 0.25) is 5.91 Å². The molecule has 1 saturated carbocycles. The van der Waals surface area contributed by atoms with Crippen LogP contribution in [0.3, 0.4) is 0 Å². The minimum absolute atomic E-state index is 0.0760. The quantitative estimate of drug-likeness (QED) is 0.923. The molecule has 0 unspecified atom stereocenters. The van der Waals surface area contributed by atoms with Gasteiger partial charge in [0.05, 0.1) is 12.5 Å². The fourth-order valence-electron chi connectivity index (χ4n) is 3.04. The number of hydrogen-bond donors (Lipinski definition) is 1. The summed E-state index contributed by atoms with van der Waals surface area (Å²) >= 11 is 0. The lowest BCUT2D eigenvalue weighted by Gasteiger charge is -2.41. The zero-order valence-electron chi connectivity index (χ0n) is 12.7. The summed E-state index contributed by atoms with van der Waals surface area (Å²) in [5, 5.41) is 3.06. The van der Waals surface area contributed by atoms with Crippen LogP contribution < -0.4 is 10.1 Å². The predicted octanol–water partition coefficient (Wildman–Crippen LogP) is 2.83. The van der Waals surface area contributed by atoms with Crippen LogP contribution in [0.5, 0.6) is 5.75 Å². The maximum atomic E-state index is 12.8. The average molecular weight is 296 g/mol. The van der Waals surface area contributed by atoms with E-state index in [0.29, 0.717) is 6.54 Å². The van der Waals surface area contributed by atoms with Crippen LogP contribution in [-0.2, 0) is 16.8 Å². The van der Waals surface area contributed by atoms with Gasteiger partial charge in [-0.15, -0.1) is 0 Å². The molecule has 1 aliphatic carbocycles. The largest absolute Gasteiger partial charge is 0.496 e. The molecule has 1 aromatic carbocycles. The highest BCUT2D eigenvalue weighted by atomic mass is 16.5. The Morgan fingerprint density at radius 2 is 2.09 bits per heavy atom. The van der Waals surface area contributed by atoms with E-state index in [4.69, 9.17) is 4.74 Å². The first-order valence-electron chi connectivity index (χ1n) is 7.57. The van der Waals surface area contributed by atoms with Crippen molar-refractivity contribution in [1.29, 1.82) is 0 Å². The molecule has 4 heteroatoms. The fraction of sp³-hybridized carbons (Fsp3) is 0.333. The Morgan fingerprint density at radius 1 is 1.27 bits per heavy atom. The number of carbonyl (C=O) groups excluding carboxylic acids is 1. The Kier molecular flexibility index (Phi) is 4.09. The number of para-hydroxylation sites is 1. The number of nitrogens with one attached hydrogen (secondary N) is 1. The first-order valence-corrected chi connectivity index (χ1v) is 7.57. The standard InChI is InChI=1S/C18H20N2O2/c1-22-16-8-3-2-7-15(16)18(9-5-10-18)17(21)20-13-14-6-4-11-19-12-14/h2-4,6-8,11-12H,5,9-10,13H2,1H3,(H,20,21). The summed E-state index contributed by atoms with van der Waals surface area (Å²) in [6.45, 7) is 0.504. The number of pyridine rings is 1. The molecular formula is C18H20N2O2. The number of hydrogen-bond acceptors (Lipinski definition) is 3. The Balaban J connectivity index is 1.79. The van der Waals surface area contributed by atoms with E-state index in [1.165, 1.54) is 0 Å². The summed E-state index contributed by atoms with van der Waals surface area (Å²) in [5.41, 5.74) is 1.55. The average Bonchev–Trinajstić information content (AvgIpc) is 2.53. The van der Waals surface area contributed by atoms with Gasteiger partial charge in [-0.25, -0.2) is 0 Å². The second-order valence-electron chi connectivity index (χ2n) is 5.68. The molecule has 114 valence electrons. The molecular weight excluding hydrogens is 276 g/mol. The fourth-order valence-corrected chi connectivity index (χ4v) is 3.04. The lowest BCUT2D eigenvalue weighted by atomic mass is 9.63. The Labute approximate surface area is 130 Å². The summed E-state index contributed by atoms with van der Waals surface area (Å²) in [6.07, 6.45) is 6.31. The zero-order chi connectivity index (χ0) is 15.4. The normalized spacial score (nSPS) is 15.7. The van der Waals surface area contributed by atoms with Crippen molar-refractivity contribution in [2.75, 3.05) is 7.11 Å². The molecule has 0 atom stereocenters. The Bertz CT molecular complexity index is 651. The second kappa shape index (κ2) is 6.18. The molecule has 1 amide bonds. The highest BCUT2D eigenvalue weighted by molar-refractivity contribution is 5.90. The van der Waals surface area contributed by atoms with Crippen LogP contribution in [0.15, 0.2) is 48.8 Å². The van der Waals surface area contributed by atoms with Crippen molar-refractivity contribution in [2.24, 2.45) is 0 Å². The molecule has 1 aromatic heterocycles. The van der Waals surface area contributed by atoms with Crippen molar-refractivity contribution >= 4 is 5.91 Å². The van der Waals surface area contributed by atoms with Crippen LogP contribution in [0.4, 0.5) is 0 Å². The number of ether oxygens (including phenoxy) is 1. The monoisotopic (exact) mass is 296 g/mol. The smallest absolute Gasteiger partial charge is 0.231 e. The first kappa shape index (κ1) is 14.6. The molecule has 0 radical (unpaired) electrons. The lowest BCUT2D eigenvalue weighted by Crippen LogP contribution is -2.49. The molecule has 1 N–H and O–H groups in total. The van der Waals surface area contributed by atoms with Gasteiger partial charge in [0.15, 0.2) is 0 Å². The number of carbonyl (C=O) groups is 1. The van der Waals surface area contributed by atoms with Crippen LogP contribution in [0.25, 0.3) is 0 Å². The molecule has 3 rings (SSSR count). The molecule has 2 aromatic rings. The van der Waals surface area contributed by atoms with E-state index in [1.807, 2.05) is 36.4 Å². The summed E-state index contributed by atoms with van der Waals surface area (Å²) in [6, 6.07) is 11.7. The van der Waals surface area contributed by atoms with Crippen LogP contribution in [0.1, 0.15) is 30.4 Å². The van der Waals surface area contributed by atoms with Crippen molar-refractivity contribution in [3.05, 3.63) is 59.9 Å². The number of amides is 1. The summed E-state index contributed by atoms with van der Waals surface area (Å²) in [7, 11) is 1.65. The first-order chi connectivity index (χ1) is 10.8. The van der Waals surface area contributed by atoms with Gasteiger partial charge in [-0.2, -0.15) is 0 Å². The molecule has 0 saturated heterocycles. The van der Waals surface area contributed by atoms with Gasteiger partial charge in [-0.3, -0.25) is 9.78 Å². The van der Waals surface area contributed by atoms with Crippen LogP contribution in [0.2, 0.25) is 0 Å². The third-order valence-electron chi connectivity index (χ3n) is 4.44. The van der Waals surface area contributed by atoms with Gasteiger partial charge in [0.1, 0.15) is 5.75 Å². The Hall–Kier alpha value is -2.36. The van der Waals surface area contributed by atoms with E-state index in [2.05, 4.69) is 10.3 Å². The Morgan fingerprint density at radius 3 is 2.73 bits per heavy atom. The van der Waals surface area contributed by atoms with Gasteiger partial charge in [0.25, 0.3) is 0 Å². The zero-order valence-corrected chi connectivity index (χ0v) is 12.7. The minimum Gasteiger partial charge on any atom is -0.496 e. The highest BCUT2D eigenvalue weighted by Crippen LogP contribution is 2.47. The maximum absolute atomic E-state index is 12.8. The van der Waals surface area contributed by atoms with E-state index in [9.17, 15) is 4.79 Å². The maximum Gasteiger partial charge on any atom is 0.231 e. The number of nitrogens with zero attached hydrogens (tertiary/aromatic N) is 1. The van der Waals surface area contributed by atoms with E-state index >= 15 is 0 Å². The van der Waals surface area contributed by atoms with Crippen LogP contribution in [0, 0.1) is 0 Å². The van der Waals surface area contributed by atoms with Gasteiger partial charge in [-0.1, -0.05) is 30.7 Å². The summed E-state index contributed by atoms with van der Waals surface area (Å²) < 4.78 is 5.45. The number of aromatic nitrogens is 1. The van der Waals surface area contributed by atoms with E-state index in [1.54, 1.807) is 19.5 Å². The van der Waals surface area contributed by atoms with E-state index in [0.717, 1.165) is 36.1 Å². The van der Waals surface area contributed by atoms with Crippen molar-refractivity contribution in [3.8, 4) is 5.75 Å². The second-order valence-corrected chi connectivity index (χ2v) is 5.68. The van der Waals surface area contributed by atoms with E-state index < -0.39 is 5.41 Å². The molecule has 0 bridgehead atoms. The number of methoxy groups -OCH3 is 1. The molecule has 1 aliphatic rings. The van der Waals surface area contributed by atoms with E-state index in [-0.39, 0.29) is 5.91 Å². The van der Waals surface area contributed by atoms with Crippen molar-refractivity contribution < 1.29 is 9.53 Å². The minimum atomic E-state index is -0.450. The summed E-state index contributed by atoms with van der Waals surface area (Å²) in [5.74, 6) is 0.867. The van der Waals surface area contributed by atoms with Gasteiger partial charge in [-0.05, 0) is 30.5 Å². The van der Waals surface area contributed by atoms with Crippen molar-refractivity contribution in [2.45, 2.75) is 31.2 Å². The molecule has 22 heavy (non-hydrogen) atoms. The molecule has 0 aliphatic heterocycles. The van der Waals surface area contributed by atoms with Gasteiger partial charge in [0, 0.05) is 24.5 Å². The third-order valence-corrected chi connectivity index (χ3v) is 4.44. The molecule has 4 nitrogen and oxygen atoms in total. The van der Waals surface area contributed by atoms with Crippen molar-refractivity contribution in [3.63, 3.8) is 0 Å². The molecule has 0 spiro atoms. The van der Waals surface area contributed by atoms with Crippen LogP contribution in [-0.4, -0.2) is 18.0 Å². The lowest BCUT2D eigenvalue weighted by molar-refractivity contribution is -0.130. The topological polar surface area (TPSA) is 51.2 Å². The predicted molar refractivity (Wildman–Crippen MR) is 84.6 cm³/mol. The third kappa shape index (κ3) is 2.56. The number of rotatable bonds is 5. The summed E-state index contributed by atoms with van der Waals surface area (Å²) in [4.78, 5) is 16.9. The SMILES string of the molecule is COc1ccccc1C1(C(=O)NCc2cccnc2)CCC1. The van der Waals surface area contributed by atoms with Gasteiger partial charge >= 0.3 is 0 Å².